The highest BCUT2D eigenvalue weighted by Gasteiger charge is 2.09. The van der Waals surface area contributed by atoms with Crippen molar-refractivity contribution in [3.63, 3.8) is 0 Å². The molecule has 0 unspecified atom stereocenters. The third-order valence-corrected chi connectivity index (χ3v) is 3.36. The summed E-state index contributed by atoms with van der Waals surface area (Å²) < 4.78 is 5.49. The van der Waals surface area contributed by atoms with E-state index in [4.69, 9.17) is 4.42 Å². The van der Waals surface area contributed by atoms with Crippen LogP contribution in [0.1, 0.15) is 16.1 Å². The van der Waals surface area contributed by atoms with Gasteiger partial charge in [-0.15, -0.1) is 0 Å². The summed E-state index contributed by atoms with van der Waals surface area (Å²) >= 11 is 0. The quantitative estimate of drug-likeness (QED) is 0.705. The van der Waals surface area contributed by atoms with E-state index in [1.165, 1.54) is 0 Å². The Kier molecular flexibility index (Phi) is 4.38. The van der Waals surface area contributed by atoms with Crippen LogP contribution in [0.25, 0.3) is 11.5 Å². The van der Waals surface area contributed by atoms with Crippen LogP contribution in [0.3, 0.4) is 0 Å². The molecule has 0 saturated carbocycles. The van der Waals surface area contributed by atoms with Crippen molar-refractivity contribution in [1.82, 2.24) is 4.98 Å². The molecule has 24 heavy (non-hydrogen) atoms. The molecule has 0 radical (unpaired) electrons. The van der Waals surface area contributed by atoms with Crippen LogP contribution in [0.2, 0.25) is 0 Å². The maximum absolute atomic E-state index is 12.3. The van der Waals surface area contributed by atoms with E-state index in [1.54, 1.807) is 42.6 Å². The molecular formula is C18H15N3O3. The summed E-state index contributed by atoms with van der Waals surface area (Å²) in [5.41, 5.74) is 2.54. The first-order valence-electron chi connectivity index (χ1n) is 7.30. The van der Waals surface area contributed by atoms with Crippen molar-refractivity contribution in [2.24, 2.45) is 0 Å². The van der Waals surface area contributed by atoms with Crippen LogP contribution < -0.4 is 10.6 Å². The minimum absolute atomic E-state index is 0.242. The van der Waals surface area contributed by atoms with Crippen molar-refractivity contribution in [3.8, 4) is 11.5 Å². The number of aromatic nitrogens is 1. The van der Waals surface area contributed by atoms with Gasteiger partial charge in [0.05, 0.1) is 6.20 Å². The fourth-order valence-electron chi connectivity index (χ4n) is 2.21. The van der Waals surface area contributed by atoms with Gasteiger partial charge in [0.2, 0.25) is 12.3 Å². The summed E-state index contributed by atoms with van der Waals surface area (Å²) in [7, 11) is 0. The molecule has 1 aromatic heterocycles. The van der Waals surface area contributed by atoms with Gasteiger partial charge in [0.1, 0.15) is 5.76 Å². The highest BCUT2D eigenvalue weighted by Crippen LogP contribution is 2.22. The number of carbonyl (C=O) groups is 2. The average molecular weight is 321 g/mol. The minimum atomic E-state index is -0.242. The number of rotatable bonds is 5. The zero-order valence-electron chi connectivity index (χ0n) is 12.9. The molecule has 1 heterocycles. The normalized spacial score (nSPS) is 10.2. The second-order valence-electron chi connectivity index (χ2n) is 5.15. The molecule has 2 aromatic carbocycles. The van der Waals surface area contributed by atoms with Crippen LogP contribution in [0.5, 0.6) is 0 Å². The molecule has 0 aliphatic carbocycles. The zero-order chi connectivity index (χ0) is 16.9. The summed E-state index contributed by atoms with van der Waals surface area (Å²) in [5, 5.41) is 5.35. The molecule has 0 aliphatic rings. The van der Waals surface area contributed by atoms with Gasteiger partial charge >= 0.3 is 0 Å². The van der Waals surface area contributed by atoms with E-state index in [2.05, 4.69) is 15.6 Å². The summed E-state index contributed by atoms with van der Waals surface area (Å²) in [6.45, 7) is 1.82. The molecule has 0 atom stereocenters. The highest BCUT2D eigenvalue weighted by molar-refractivity contribution is 6.04. The van der Waals surface area contributed by atoms with Crippen LogP contribution in [0.4, 0.5) is 11.4 Å². The Labute approximate surface area is 138 Å². The van der Waals surface area contributed by atoms with Gasteiger partial charge in [-0.3, -0.25) is 9.59 Å². The third kappa shape index (κ3) is 3.49. The van der Waals surface area contributed by atoms with Crippen molar-refractivity contribution in [1.29, 1.82) is 0 Å². The fraction of sp³-hybridized carbons (Fsp3) is 0.0556. The minimum Gasteiger partial charge on any atom is -0.441 e. The lowest BCUT2D eigenvalue weighted by atomic mass is 10.1. The number of amides is 2. The second kappa shape index (κ2) is 6.78. The molecule has 6 heteroatoms. The predicted octanol–water partition coefficient (Wildman–Crippen LogP) is 3.47. The number of nitrogens with zero attached hydrogens (tertiary/aromatic N) is 1. The summed E-state index contributed by atoms with van der Waals surface area (Å²) in [5.74, 6) is 0.990. The Morgan fingerprint density at radius 2 is 1.92 bits per heavy atom. The standard InChI is InChI=1S/C18H15N3O3/c1-12-10-19-18(24-12)14-3-2-4-16(9-14)21-17(23)13-5-7-15(8-6-13)20-11-22/h2-11H,1H3,(H,20,22)(H,21,23). The van der Waals surface area contributed by atoms with Crippen LogP contribution in [-0.4, -0.2) is 17.3 Å². The van der Waals surface area contributed by atoms with Crippen molar-refractivity contribution in [2.45, 2.75) is 6.92 Å². The summed E-state index contributed by atoms with van der Waals surface area (Å²) in [4.78, 5) is 26.9. The molecule has 0 bridgehead atoms. The number of carbonyl (C=O) groups excluding carboxylic acids is 2. The Bertz CT molecular complexity index is 869. The van der Waals surface area contributed by atoms with Crippen molar-refractivity contribution in [3.05, 3.63) is 66.1 Å². The number of benzene rings is 2. The van der Waals surface area contributed by atoms with Crippen LogP contribution in [-0.2, 0) is 4.79 Å². The van der Waals surface area contributed by atoms with Gasteiger partial charge in [-0.25, -0.2) is 4.98 Å². The first-order chi connectivity index (χ1) is 11.7. The number of hydrogen-bond acceptors (Lipinski definition) is 4. The number of anilines is 2. The molecule has 0 fully saturated rings. The summed E-state index contributed by atoms with van der Waals surface area (Å²) in [6, 6.07) is 13.9. The number of nitrogens with one attached hydrogen (secondary N) is 2. The molecule has 3 aromatic rings. The van der Waals surface area contributed by atoms with Crippen molar-refractivity contribution < 1.29 is 14.0 Å². The Hall–Kier alpha value is -3.41. The highest BCUT2D eigenvalue weighted by atomic mass is 16.4. The van der Waals surface area contributed by atoms with Gasteiger partial charge in [-0.1, -0.05) is 6.07 Å². The maximum atomic E-state index is 12.3. The smallest absolute Gasteiger partial charge is 0.255 e. The van der Waals surface area contributed by atoms with Crippen molar-refractivity contribution >= 4 is 23.7 Å². The van der Waals surface area contributed by atoms with Gasteiger partial charge in [0, 0.05) is 22.5 Å². The van der Waals surface area contributed by atoms with E-state index in [1.807, 2.05) is 19.1 Å². The first kappa shape index (κ1) is 15.5. The van der Waals surface area contributed by atoms with E-state index in [-0.39, 0.29) is 5.91 Å². The largest absolute Gasteiger partial charge is 0.441 e. The van der Waals surface area contributed by atoms with E-state index in [0.717, 1.165) is 11.3 Å². The SMILES string of the molecule is Cc1cnc(-c2cccc(NC(=O)c3ccc(NC=O)cc3)c2)o1. The average Bonchev–Trinajstić information content (AvgIpc) is 3.03. The molecule has 0 saturated heterocycles. The van der Waals surface area contributed by atoms with Gasteiger partial charge < -0.3 is 15.1 Å². The second-order valence-corrected chi connectivity index (χ2v) is 5.15. The molecule has 120 valence electrons. The maximum Gasteiger partial charge on any atom is 0.255 e. The van der Waals surface area contributed by atoms with Crippen molar-refractivity contribution in [2.75, 3.05) is 10.6 Å². The molecule has 0 spiro atoms. The molecule has 6 nitrogen and oxygen atoms in total. The number of oxazole rings is 1. The lowest BCUT2D eigenvalue weighted by Crippen LogP contribution is -2.11. The van der Waals surface area contributed by atoms with Crippen LogP contribution >= 0.6 is 0 Å². The predicted molar refractivity (Wildman–Crippen MR) is 90.8 cm³/mol. The van der Waals surface area contributed by atoms with Crippen LogP contribution in [0, 0.1) is 6.92 Å². The van der Waals surface area contributed by atoms with Gasteiger partial charge in [-0.2, -0.15) is 0 Å². The fourth-order valence-corrected chi connectivity index (χ4v) is 2.21. The zero-order valence-corrected chi connectivity index (χ0v) is 12.9. The Balaban J connectivity index is 1.75. The third-order valence-electron chi connectivity index (χ3n) is 3.36. The lowest BCUT2D eigenvalue weighted by Gasteiger charge is -2.07. The van der Waals surface area contributed by atoms with Gasteiger partial charge in [0.15, 0.2) is 0 Å². The molecule has 0 aliphatic heterocycles. The molecule has 2 amide bonds. The molecule has 2 N–H and O–H groups in total. The number of hydrogen-bond donors (Lipinski definition) is 2. The van der Waals surface area contributed by atoms with Gasteiger partial charge in [0.25, 0.3) is 5.91 Å². The molecule has 3 rings (SSSR count). The molecular weight excluding hydrogens is 306 g/mol. The van der Waals surface area contributed by atoms with E-state index in [0.29, 0.717) is 29.2 Å². The number of aryl methyl sites for hydroxylation is 1. The topological polar surface area (TPSA) is 84.2 Å². The van der Waals surface area contributed by atoms with Gasteiger partial charge in [-0.05, 0) is 49.4 Å². The van der Waals surface area contributed by atoms with E-state index in [9.17, 15) is 9.59 Å². The van der Waals surface area contributed by atoms with E-state index < -0.39 is 0 Å². The lowest BCUT2D eigenvalue weighted by molar-refractivity contribution is -0.105. The first-order valence-corrected chi connectivity index (χ1v) is 7.30. The van der Waals surface area contributed by atoms with Crippen LogP contribution in [0.15, 0.2) is 59.1 Å². The summed E-state index contributed by atoms with van der Waals surface area (Å²) in [6.07, 6.45) is 2.24. The van der Waals surface area contributed by atoms with E-state index >= 15 is 0 Å². The Morgan fingerprint density at radius 1 is 1.12 bits per heavy atom. The monoisotopic (exact) mass is 321 g/mol. The Morgan fingerprint density at radius 3 is 2.58 bits per heavy atom.